The molecule has 0 atom stereocenters. The second-order valence-electron chi connectivity index (χ2n) is 6.03. The van der Waals surface area contributed by atoms with Gasteiger partial charge in [0.05, 0.1) is 0 Å². The first-order valence-electron chi connectivity index (χ1n) is 8.26. The van der Waals surface area contributed by atoms with Gasteiger partial charge in [0.15, 0.2) is 11.6 Å². The molecular weight excluding hydrogens is 336 g/mol. The Kier molecular flexibility index (Phi) is 3.99. The van der Waals surface area contributed by atoms with Crippen LogP contribution in [0.15, 0.2) is 46.2 Å². The third kappa shape index (κ3) is 2.96. The van der Waals surface area contributed by atoms with Crippen LogP contribution in [0.4, 0.5) is 11.6 Å². The molecule has 10 nitrogen and oxygen atoms in total. The number of piperazine rings is 1. The Morgan fingerprint density at radius 2 is 1.69 bits per heavy atom. The highest BCUT2D eigenvalue weighted by Crippen LogP contribution is 2.16. The molecule has 1 saturated heterocycles. The Hall–Kier alpha value is -3.43. The molecule has 0 radical (unpaired) electrons. The molecule has 4 heterocycles. The Morgan fingerprint density at radius 3 is 2.31 bits per heavy atom. The number of anilines is 2. The van der Waals surface area contributed by atoms with E-state index in [1.807, 2.05) is 29.3 Å². The Bertz CT molecular complexity index is 967. The first kappa shape index (κ1) is 16.1. The molecule has 134 valence electrons. The van der Waals surface area contributed by atoms with E-state index in [1.165, 1.54) is 13.1 Å². The summed E-state index contributed by atoms with van der Waals surface area (Å²) in [6, 6.07) is 7.08. The summed E-state index contributed by atoms with van der Waals surface area (Å²) in [5, 5.41) is 12.6. The number of nitrogens with zero attached hydrogens (tertiary/aromatic N) is 7. The van der Waals surface area contributed by atoms with Crippen LogP contribution in [-0.2, 0) is 7.05 Å². The second-order valence-corrected chi connectivity index (χ2v) is 6.03. The van der Waals surface area contributed by atoms with Crippen molar-refractivity contribution >= 4 is 11.6 Å². The highest BCUT2D eigenvalue weighted by molar-refractivity contribution is 5.44. The van der Waals surface area contributed by atoms with Crippen LogP contribution in [-0.4, -0.2) is 55.7 Å². The monoisotopic (exact) mass is 354 g/mol. The zero-order chi connectivity index (χ0) is 18.1. The number of hydrogen-bond donors (Lipinski definition) is 1. The van der Waals surface area contributed by atoms with Gasteiger partial charge in [-0.25, -0.2) is 9.48 Å². The second kappa shape index (κ2) is 6.47. The summed E-state index contributed by atoms with van der Waals surface area (Å²) in [5.41, 5.74) is -0.721. The van der Waals surface area contributed by atoms with E-state index < -0.39 is 5.69 Å². The van der Waals surface area contributed by atoms with Crippen LogP contribution in [0.3, 0.4) is 0 Å². The molecule has 26 heavy (non-hydrogen) atoms. The van der Waals surface area contributed by atoms with Crippen LogP contribution in [0.2, 0.25) is 0 Å². The first-order valence-corrected chi connectivity index (χ1v) is 8.26. The van der Waals surface area contributed by atoms with Crippen LogP contribution < -0.4 is 21.0 Å². The van der Waals surface area contributed by atoms with Crippen molar-refractivity contribution in [2.75, 3.05) is 36.0 Å². The van der Waals surface area contributed by atoms with Crippen molar-refractivity contribution in [2.45, 2.75) is 0 Å². The molecule has 0 unspecified atom stereocenters. The molecule has 4 rings (SSSR count). The Balaban J connectivity index is 1.45. The van der Waals surface area contributed by atoms with E-state index in [-0.39, 0.29) is 5.56 Å². The standard InChI is InChI=1S/C16H18N8O2/c1-21-15(25)11-14(18-16(21)26)23-9-7-22(8-10-23)12-3-4-13(20-19-12)24-6-2-5-17-24/h2-6,11H,7-10H2,1H3,(H,18,26). The van der Waals surface area contributed by atoms with Gasteiger partial charge in [0, 0.05) is 51.7 Å². The Morgan fingerprint density at radius 1 is 1.00 bits per heavy atom. The highest BCUT2D eigenvalue weighted by Gasteiger charge is 2.20. The van der Waals surface area contributed by atoms with Crippen molar-refractivity contribution in [3.8, 4) is 5.82 Å². The fourth-order valence-electron chi connectivity index (χ4n) is 2.90. The third-order valence-corrected chi connectivity index (χ3v) is 4.45. The molecule has 10 heteroatoms. The highest BCUT2D eigenvalue weighted by atomic mass is 16.2. The molecule has 3 aromatic rings. The van der Waals surface area contributed by atoms with E-state index in [4.69, 9.17) is 0 Å². The van der Waals surface area contributed by atoms with Crippen molar-refractivity contribution in [1.29, 1.82) is 0 Å². The maximum absolute atomic E-state index is 11.8. The third-order valence-electron chi connectivity index (χ3n) is 4.45. The minimum absolute atomic E-state index is 0.314. The molecule has 1 N–H and O–H groups in total. The largest absolute Gasteiger partial charge is 0.354 e. The van der Waals surface area contributed by atoms with Gasteiger partial charge < -0.3 is 9.80 Å². The predicted octanol–water partition coefficient (Wildman–Crippen LogP) is -0.624. The molecule has 1 aliphatic rings. The van der Waals surface area contributed by atoms with Gasteiger partial charge in [-0.3, -0.25) is 14.3 Å². The van der Waals surface area contributed by atoms with Gasteiger partial charge in [-0.15, -0.1) is 10.2 Å². The SMILES string of the molecule is Cn1c(=O)cc(N2CCN(c3ccc(-n4cccn4)nn3)CC2)[nH]c1=O. The molecular formula is C16H18N8O2. The molecule has 0 amide bonds. The lowest BCUT2D eigenvalue weighted by Crippen LogP contribution is -2.48. The topological polar surface area (TPSA) is 105 Å². The summed E-state index contributed by atoms with van der Waals surface area (Å²) in [7, 11) is 1.45. The van der Waals surface area contributed by atoms with Gasteiger partial charge in [-0.05, 0) is 18.2 Å². The van der Waals surface area contributed by atoms with E-state index in [1.54, 1.807) is 10.9 Å². The van der Waals surface area contributed by atoms with E-state index >= 15 is 0 Å². The number of hydrogen-bond acceptors (Lipinski definition) is 7. The fraction of sp³-hybridized carbons (Fsp3) is 0.312. The zero-order valence-electron chi connectivity index (χ0n) is 14.2. The number of rotatable bonds is 3. The molecule has 0 aromatic carbocycles. The molecule has 0 aliphatic carbocycles. The van der Waals surface area contributed by atoms with E-state index in [9.17, 15) is 9.59 Å². The van der Waals surface area contributed by atoms with Gasteiger partial charge in [-0.1, -0.05) is 0 Å². The van der Waals surface area contributed by atoms with Gasteiger partial charge in [0.25, 0.3) is 5.56 Å². The van der Waals surface area contributed by atoms with Crippen LogP contribution in [0.1, 0.15) is 0 Å². The lowest BCUT2D eigenvalue weighted by atomic mass is 10.3. The maximum atomic E-state index is 11.8. The summed E-state index contributed by atoms with van der Waals surface area (Å²) >= 11 is 0. The van der Waals surface area contributed by atoms with Gasteiger partial charge in [0.2, 0.25) is 0 Å². The van der Waals surface area contributed by atoms with Crippen molar-refractivity contribution in [2.24, 2.45) is 7.05 Å². The summed E-state index contributed by atoms with van der Waals surface area (Å²) in [6.45, 7) is 2.78. The summed E-state index contributed by atoms with van der Waals surface area (Å²) in [6.07, 6.45) is 3.50. The first-order chi connectivity index (χ1) is 12.6. The zero-order valence-corrected chi connectivity index (χ0v) is 14.2. The lowest BCUT2D eigenvalue weighted by Gasteiger charge is -2.36. The fourth-order valence-corrected chi connectivity index (χ4v) is 2.90. The van der Waals surface area contributed by atoms with Gasteiger partial charge >= 0.3 is 5.69 Å². The average molecular weight is 354 g/mol. The van der Waals surface area contributed by atoms with Crippen molar-refractivity contribution in [3.05, 3.63) is 57.5 Å². The lowest BCUT2D eigenvalue weighted by molar-refractivity contribution is 0.630. The van der Waals surface area contributed by atoms with E-state index in [0.29, 0.717) is 37.8 Å². The normalized spacial score (nSPS) is 14.7. The minimum atomic E-state index is -0.407. The molecule has 1 fully saturated rings. The minimum Gasteiger partial charge on any atom is -0.354 e. The van der Waals surface area contributed by atoms with Crippen molar-refractivity contribution < 1.29 is 0 Å². The average Bonchev–Trinajstić information content (AvgIpc) is 3.21. The molecule has 3 aromatic heterocycles. The summed E-state index contributed by atoms with van der Waals surface area (Å²) in [4.78, 5) is 30.4. The van der Waals surface area contributed by atoms with E-state index in [2.05, 4.69) is 25.2 Å². The van der Waals surface area contributed by atoms with Crippen LogP contribution in [0, 0.1) is 0 Å². The number of aromatic nitrogens is 6. The van der Waals surface area contributed by atoms with Crippen molar-refractivity contribution in [3.63, 3.8) is 0 Å². The summed E-state index contributed by atoms with van der Waals surface area (Å²) in [5.74, 6) is 2.01. The van der Waals surface area contributed by atoms with E-state index in [0.717, 1.165) is 10.4 Å². The van der Waals surface area contributed by atoms with Gasteiger partial charge in [-0.2, -0.15) is 5.10 Å². The van der Waals surface area contributed by atoms with Crippen LogP contribution in [0.25, 0.3) is 5.82 Å². The van der Waals surface area contributed by atoms with Gasteiger partial charge in [0.1, 0.15) is 5.82 Å². The number of aromatic amines is 1. The molecule has 0 spiro atoms. The summed E-state index contributed by atoms with van der Waals surface area (Å²) < 4.78 is 2.71. The number of nitrogens with one attached hydrogen (secondary N) is 1. The van der Waals surface area contributed by atoms with Crippen LogP contribution >= 0.6 is 0 Å². The quantitative estimate of drug-likeness (QED) is 0.668. The number of H-pyrrole nitrogens is 1. The maximum Gasteiger partial charge on any atom is 0.329 e. The smallest absolute Gasteiger partial charge is 0.329 e. The van der Waals surface area contributed by atoms with Crippen LogP contribution in [0.5, 0.6) is 0 Å². The van der Waals surface area contributed by atoms with Crippen molar-refractivity contribution in [1.82, 2.24) is 29.5 Å². The molecule has 1 aliphatic heterocycles. The Labute approximate surface area is 148 Å². The molecule has 0 saturated carbocycles. The predicted molar refractivity (Wildman–Crippen MR) is 95.9 cm³/mol. The molecule has 0 bridgehead atoms.